The Hall–Kier alpha value is -2.01. The second-order valence-electron chi connectivity index (χ2n) is 5.99. The maximum absolute atomic E-state index is 12.4. The molecule has 7 heteroatoms. The highest BCUT2D eigenvalue weighted by Gasteiger charge is 2.17. The fourth-order valence-corrected chi connectivity index (χ4v) is 3.38. The van der Waals surface area contributed by atoms with Crippen molar-refractivity contribution in [1.82, 2.24) is 0 Å². The smallest absolute Gasteiger partial charge is 0.345 e. The third-order valence-electron chi connectivity index (χ3n) is 4.04. The van der Waals surface area contributed by atoms with Crippen LogP contribution in [0.3, 0.4) is 0 Å². The van der Waals surface area contributed by atoms with E-state index < -0.39 is 11.6 Å². The molecule has 0 saturated carbocycles. The molecular weight excluding hydrogens is 411 g/mol. The Balaban J connectivity index is 1.99. The van der Waals surface area contributed by atoms with E-state index in [1.54, 1.807) is 6.07 Å². The number of hydrogen-bond acceptors (Lipinski definition) is 4. The second kappa shape index (κ2) is 8.34. The Kier molecular flexibility index (Phi) is 6.10. The van der Waals surface area contributed by atoms with Gasteiger partial charge in [0.2, 0.25) is 0 Å². The predicted molar refractivity (Wildman–Crippen MR) is 108 cm³/mol. The van der Waals surface area contributed by atoms with Crippen molar-refractivity contribution in [3.05, 3.63) is 73.0 Å². The number of fused-ring (bicyclic) bond motifs is 1. The summed E-state index contributed by atoms with van der Waals surface area (Å²) in [4.78, 5) is 24.3. The first-order valence-corrected chi connectivity index (χ1v) is 9.46. The standard InChI is InChI=1S/C20H15Cl3O4/c1-2-3-4-11-7-19(24)26-17-10-18(16(23)9-14(11)17)27-20(25)13-6-5-12(21)8-15(13)22/h5-10H,2-4H2,1H3. The number of ether oxygens (including phenoxy) is 1. The molecule has 140 valence electrons. The summed E-state index contributed by atoms with van der Waals surface area (Å²) in [6.07, 6.45) is 2.66. The van der Waals surface area contributed by atoms with Gasteiger partial charge in [-0.25, -0.2) is 9.59 Å². The average molecular weight is 426 g/mol. The number of aryl methyl sites for hydroxylation is 1. The van der Waals surface area contributed by atoms with Crippen LogP contribution in [-0.2, 0) is 6.42 Å². The van der Waals surface area contributed by atoms with Crippen molar-refractivity contribution in [3.8, 4) is 5.75 Å². The Morgan fingerprint density at radius 2 is 1.85 bits per heavy atom. The van der Waals surface area contributed by atoms with E-state index in [2.05, 4.69) is 6.92 Å². The van der Waals surface area contributed by atoms with Crippen LogP contribution in [0.15, 0.2) is 45.6 Å². The van der Waals surface area contributed by atoms with Crippen molar-refractivity contribution < 1.29 is 13.9 Å². The van der Waals surface area contributed by atoms with Crippen molar-refractivity contribution in [2.45, 2.75) is 26.2 Å². The molecule has 0 N–H and O–H groups in total. The maximum atomic E-state index is 12.4. The zero-order valence-electron chi connectivity index (χ0n) is 14.4. The molecule has 0 amide bonds. The first-order chi connectivity index (χ1) is 12.9. The number of hydrogen-bond donors (Lipinski definition) is 0. The predicted octanol–water partition coefficient (Wildman–Crippen LogP) is 6.32. The van der Waals surface area contributed by atoms with Crippen LogP contribution in [-0.4, -0.2) is 5.97 Å². The molecule has 27 heavy (non-hydrogen) atoms. The molecule has 3 aromatic rings. The summed E-state index contributed by atoms with van der Waals surface area (Å²) < 4.78 is 10.6. The lowest BCUT2D eigenvalue weighted by molar-refractivity contribution is 0.0735. The van der Waals surface area contributed by atoms with Gasteiger partial charge in [0.05, 0.1) is 15.6 Å². The minimum atomic E-state index is -0.692. The molecule has 1 heterocycles. The number of benzene rings is 2. The van der Waals surface area contributed by atoms with E-state index in [-0.39, 0.29) is 21.4 Å². The van der Waals surface area contributed by atoms with Crippen LogP contribution in [0.4, 0.5) is 0 Å². The molecule has 0 aliphatic carbocycles. The quantitative estimate of drug-likeness (QED) is 0.273. The van der Waals surface area contributed by atoms with Crippen molar-refractivity contribution in [2.24, 2.45) is 0 Å². The van der Waals surface area contributed by atoms with E-state index in [1.807, 2.05) is 0 Å². The van der Waals surface area contributed by atoms with Gasteiger partial charge in [-0.1, -0.05) is 48.1 Å². The number of rotatable bonds is 5. The summed E-state index contributed by atoms with van der Waals surface area (Å²) in [5, 5.41) is 1.52. The summed E-state index contributed by atoms with van der Waals surface area (Å²) in [5.41, 5.74) is 0.843. The van der Waals surface area contributed by atoms with Gasteiger partial charge in [-0.05, 0) is 42.7 Å². The lowest BCUT2D eigenvalue weighted by Crippen LogP contribution is -2.10. The first-order valence-electron chi connectivity index (χ1n) is 8.32. The molecule has 4 nitrogen and oxygen atoms in total. The molecule has 0 unspecified atom stereocenters. The molecular formula is C20H15Cl3O4. The van der Waals surface area contributed by atoms with Gasteiger partial charge < -0.3 is 9.15 Å². The maximum Gasteiger partial charge on any atom is 0.345 e. The van der Waals surface area contributed by atoms with E-state index in [4.69, 9.17) is 44.0 Å². The minimum Gasteiger partial charge on any atom is -0.423 e. The Morgan fingerprint density at radius 3 is 2.56 bits per heavy atom. The van der Waals surface area contributed by atoms with Gasteiger partial charge in [0.25, 0.3) is 0 Å². The molecule has 0 radical (unpaired) electrons. The van der Waals surface area contributed by atoms with Crippen LogP contribution >= 0.6 is 34.8 Å². The van der Waals surface area contributed by atoms with E-state index in [9.17, 15) is 9.59 Å². The summed E-state index contributed by atoms with van der Waals surface area (Å²) in [5.74, 6) is -0.613. The van der Waals surface area contributed by atoms with Gasteiger partial charge in [0.15, 0.2) is 5.75 Å². The zero-order chi connectivity index (χ0) is 19.6. The van der Waals surface area contributed by atoms with E-state index in [0.29, 0.717) is 10.6 Å². The Labute approximate surface area is 170 Å². The van der Waals surface area contributed by atoms with Crippen LogP contribution in [0.2, 0.25) is 15.1 Å². The number of esters is 1. The highest BCUT2D eigenvalue weighted by atomic mass is 35.5. The normalized spacial score (nSPS) is 11.0. The highest BCUT2D eigenvalue weighted by Crippen LogP contribution is 2.33. The van der Waals surface area contributed by atoms with Gasteiger partial charge in [-0.3, -0.25) is 0 Å². The highest BCUT2D eigenvalue weighted by molar-refractivity contribution is 6.36. The fraction of sp³-hybridized carbons (Fsp3) is 0.200. The van der Waals surface area contributed by atoms with Gasteiger partial charge in [0, 0.05) is 22.5 Å². The number of unbranched alkanes of at least 4 members (excludes halogenated alkanes) is 1. The number of halogens is 3. The molecule has 0 aliphatic heterocycles. The van der Waals surface area contributed by atoms with Crippen LogP contribution in [0, 0.1) is 0 Å². The summed E-state index contributed by atoms with van der Waals surface area (Å²) in [6, 6.07) is 8.98. The third kappa shape index (κ3) is 4.46. The molecule has 0 fully saturated rings. The fourth-order valence-electron chi connectivity index (χ4n) is 2.69. The summed E-state index contributed by atoms with van der Waals surface area (Å²) in [7, 11) is 0. The lowest BCUT2D eigenvalue weighted by atomic mass is 10.0. The number of carbonyl (C=O) groups is 1. The van der Waals surface area contributed by atoms with E-state index >= 15 is 0 Å². The molecule has 0 atom stereocenters. The summed E-state index contributed by atoms with van der Waals surface area (Å²) >= 11 is 18.2. The molecule has 1 aromatic heterocycles. The van der Waals surface area contributed by atoms with Crippen LogP contribution in [0.25, 0.3) is 11.0 Å². The van der Waals surface area contributed by atoms with E-state index in [1.165, 1.54) is 30.3 Å². The van der Waals surface area contributed by atoms with Crippen LogP contribution in [0.5, 0.6) is 5.75 Å². The number of carbonyl (C=O) groups excluding carboxylic acids is 1. The minimum absolute atomic E-state index is 0.0796. The Morgan fingerprint density at radius 1 is 1.07 bits per heavy atom. The molecule has 0 spiro atoms. The average Bonchev–Trinajstić information content (AvgIpc) is 2.60. The molecule has 0 saturated heterocycles. The van der Waals surface area contributed by atoms with E-state index in [0.717, 1.165) is 30.2 Å². The van der Waals surface area contributed by atoms with Crippen molar-refractivity contribution in [3.63, 3.8) is 0 Å². The second-order valence-corrected chi connectivity index (χ2v) is 7.24. The van der Waals surface area contributed by atoms with Gasteiger partial charge >= 0.3 is 11.6 Å². The topological polar surface area (TPSA) is 56.5 Å². The summed E-state index contributed by atoms with van der Waals surface area (Å²) in [6.45, 7) is 2.07. The third-order valence-corrected chi connectivity index (χ3v) is 4.88. The SMILES string of the molecule is CCCCc1cc(=O)oc2cc(OC(=O)c3ccc(Cl)cc3Cl)c(Cl)cc12. The monoisotopic (exact) mass is 424 g/mol. The largest absolute Gasteiger partial charge is 0.423 e. The van der Waals surface area contributed by atoms with Crippen molar-refractivity contribution in [2.75, 3.05) is 0 Å². The first kappa shape index (κ1) is 19.7. The molecule has 3 rings (SSSR count). The molecule has 0 aliphatic rings. The van der Waals surface area contributed by atoms with Gasteiger partial charge in [-0.15, -0.1) is 0 Å². The molecule has 0 bridgehead atoms. The van der Waals surface area contributed by atoms with Crippen LogP contribution < -0.4 is 10.4 Å². The van der Waals surface area contributed by atoms with Crippen molar-refractivity contribution >= 4 is 51.7 Å². The molecule has 2 aromatic carbocycles. The lowest BCUT2D eigenvalue weighted by Gasteiger charge is -2.10. The zero-order valence-corrected chi connectivity index (χ0v) is 16.6. The van der Waals surface area contributed by atoms with Crippen molar-refractivity contribution in [1.29, 1.82) is 0 Å². The van der Waals surface area contributed by atoms with Gasteiger partial charge in [0.1, 0.15) is 5.58 Å². The van der Waals surface area contributed by atoms with Crippen LogP contribution in [0.1, 0.15) is 35.7 Å². The Bertz CT molecular complexity index is 1070. The van der Waals surface area contributed by atoms with Gasteiger partial charge in [-0.2, -0.15) is 0 Å².